The summed E-state index contributed by atoms with van der Waals surface area (Å²) >= 11 is 1.51. The summed E-state index contributed by atoms with van der Waals surface area (Å²) < 4.78 is 5.76. The first-order chi connectivity index (χ1) is 15.3. The molecule has 1 amide bonds. The Hall–Kier alpha value is -2.64. The van der Waals surface area contributed by atoms with Crippen molar-refractivity contribution in [2.75, 3.05) is 26.2 Å². The highest BCUT2D eigenvalue weighted by Gasteiger charge is 2.47. The Kier molecular flexibility index (Phi) is 6.40. The minimum Gasteiger partial charge on any atom is -0.507 e. The van der Waals surface area contributed by atoms with Crippen molar-refractivity contribution in [3.8, 4) is 5.75 Å². The molecular weight excluding hydrogens is 424 g/mol. The molecule has 1 aromatic heterocycles. The van der Waals surface area contributed by atoms with Gasteiger partial charge in [0.15, 0.2) is 0 Å². The first-order valence-electron chi connectivity index (χ1n) is 11.2. The molecule has 6 nitrogen and oxygen atoms in total. The number of likely N-dealkylation sites (tertiary alicyclic amines) is 1. The van der Waals surface area contributed by atoms with Gasteiger partial charge in [-0.25, -0.2) is 0 Å². The van der Waals surface area contributed by atoms with E-state index in [-0.39, 0.29) is 17.4 Å². The van der Waals surface area contributed by atoms with Crippen molar-refractivity contribution in [3.63, 3.8) is 0 Å². The summed E-state index contributed by atoms with van der Waals surface area (Å²) in [5, 5.41) is 13.2. The molecule has 2 aliphatic heterocycles. The molecule has 3 heterocycles. The number of aliphatic hydroxyl groups excluding tert-OH is 1. The maximum atomic E-state index is 13.2. The summed E-state index contributed by atoms with van der Waals surface area (Å²) in [5.74, 6) is -0.479. The summed E-state index contributed by atoms with van der Waals surface area (Å²) in [6.07, 6.45) is 0.837. The van der Waals surface area contributed by atoms with Crippen LogP contribution in [0.15, 0.2) is 35.2 Å². The first-order valence-corrected chi connectivity index (χ1v) is 12.1. The van der Waals surface area contributed by atoms with Crippen LogP contribution in [0.25, 0.3) is 5.76 Å². The van der Waals surface area contributed by atoms with E-state index in [2.05, 4.69) is 18.7 Å². The second kappa shape index (κ2) is 9.08. The molecule has 2 atom stereocenters. The average molecular weight is 455 g/mol. The Labute approximate surface area is 193 Å². The number of thiophene rings is 1. The SMILES string of the molecule is CCN(CC)CCN1C(=O)C(=O)/C(=C(\O)c2ccc3c(c2)CC(C)O3)C1c1sccc1C. The number of ether oxygens (including phenoxy) is 1. The third-order valence-electron chi connectivity index (χ3n) is 6.41. The largest absolute Gasteiger partial charge is 0.507 e. The molecule has 1 N–H and O–H groups in total. The van der Waals surface area contributed by atoms with E-state index in [1.54, 1.807) is 11.0 Å². The Morgan fingerprint density at radius 1 is 1.25 bits per heavy atom. The number of Topliss-reactive ketones (excluding diaryl/α,β-unsaturated/α-hetero) is 1. The quantitative estimate of drug-likeness (QED) is 0.387. The van der Waals surface area contributed by atoms with Gasteiger partial charge in [-0.2, -0.15) is 0 Å². The first kappa shape index (κ1) is 22.6. The molecule has 2 unspecified atom stereocenters. The number of rotatable bonds is 7. The van der Waals surface area contributed by atoms with Crippen LogP contribution in [0, 0.1) is 6.92 Å². The fourth-order valence-electron chi connectivity index (χ4n) is 4.56. The van der Waals surface area contributed by atoms with Crippen LogP contribution in [0.5, 0.6) is 5.75 Å². The van der Waals surface area contributed by atoms with E-state index in [9.17, 15) is 14.7 Å². The summed E-state index contributed by atoms with van der Waals surface area (Å²) in [7, 11) is 0. The molecule has 2 aromatic rings. The van der Waals surface area contributed by atoms with Gasteiger partial charge in [0.2, 0.25) is 0 Å². The second-order valence-corrected chi connectivity index (χ2v) is 9.39. The van der Waals surface area contributed by atoms with Gasteiger partial charge in [-0.05, 0) is 67.7 Å². The molecule has 1 aromatic carbocycles. The average Bonchev–Trinajstić information content (AvgIpc) is 3.43. The van der Waals surface area contributed by atoms with Gasteiger partial charge in [-0.3, -0.25) is 9.59 Å². The lowest BCUT2D eigenvalue weighted by Crippen LogP contribution is -2.37. The summed E-state index contributed by atoms with van der Waals surface area (Å²) in [5.41, 5.74) is 2.73. The maximum Gasteiger partial charge on any atom is 0.295 e. The van der Waals surface area contributed by atoms with E-state index in [1.807, 2.05) is 37.4 Å². The molecule has 0 aliphatic carbocycles. The van der Waals surface area contributed by atoms with Crippen LogP contribution in [0.4, 0.5) is 0 Å². The van der Waals surface area contributed by atoms with Crippen molar-refractivity contribution >= 4 is 28.8 Å². The van der Waals surface area contributed by atoms with Crippen LogP contribution in [0.1, 0.15) is 48.4 Å². The molecule has 1 saturated heterocycles. The zero-order chi connectivity index (χ0) is 23.0. The van der Waals surface area contributed by atoms with Gasteiger partial charge in [0.25, 0.3) is 11.7 Å². The van der Waals surface area contributed by atoms with Crippen LogP contribution < -0.4 is 4.74 Å². The number of aryl methyl sites for hydroxylation is 1. The lowest BCUT2D eigenvalue weighted by molar-refractivity contribution is -0.140. The van der Waals surface area contributed by atoms with Crippen molar-refractivity contribution in [1.29, 1.82) is 0 Å². The summed E-state index contributed by atoms with van der Waals surface area (Å²) in [4.78, 5) is 31.0. The van der Waals surface area contributed by atoms with Gasteiger partial charge in [0.1, 0.15) is 17.6 Å². The zero-order valence-corrected chi connectivity index (χ0v) is 19.9. The van der Waals surface area contributed by atoms with Crippen LogP contribution in [0.3, 0.4) is 0 Å². The minimum absolute atomic E-state index is 0.0850. The van der Waals surface area contributed by atoms with Crippen molar-refractivity contribution in [2.24, 2.45) is 0 Å². The lowest BCUT2D eigenvalue weighted by Gasteiger charge is -2.27. The van der Waals surface area contributed by atoms with Gasteiger partial charge in [0, 0.05) is 30.0 Å². The van der Waals surface area contributed by atoms with Gasteiger partial charge in [0.05, 0.1) is 11.6 Å². The minimum atomic E-state index is -0.620. The summed E-state index contributed by atoms with van der Waals surface area (Å²) in [6.45, 7) is 11.0. The van der Waals surface area contributed by atoms with Crippen molar-refractivity contribution in [1.82, 2.24) is 9.80 Å². The molecule has 0 radical (unpaired) electrons. The third-order valence-corrected chi connectivity index (χ3v) is 7.48. The van der Waals surface area contributed by atoms with Crippen LogP contribution >= 0.6 is 11.3 Å². The number of ketones is 1. The van der Waals surface area contributed by atoms with E-state index < -0.39 is 17.7 Å². The number of carbonyl (C=O) groups excluding carboxylic acids is 2. The topological polar surface area (TPSA) is 70.1 Å². The number of nitrogens with zero attached hydrogens (tertiary/aromatic N) is 2. The number of fused-ring (bicyclic) bond motifs is 1. The van der Waals surface area contributed by atoms with Crippen LogP contribution in [-0.2, 0) is 16.0 Å². The van der Waals surface area contributed by atoms with Crippen molar-refractivity contribution in [2.45, 2.75) is 46.3 Å². The van der Waals surface area contributed by atoms with Crippen molar-refractivity contribution < 1.29 is 19.4 Å². The van der Waals surface area contributed by atoms with E-state index >= 15 is 0 Å². The zero-order valence-electron chi connectivity index (χ0n) is 19.1. The normalized spacial score (nSPS) is 22.0. The standard InChI is InChI=1S/C25H30N2O4S/c1-5-26(6-2)10-11-27-21(24-15(3)9-12-32-24)20(23(29)25(27)30)22(28)17-7-8-19-18(14-17)13-16(4)31-19/h7-9,12,14,16,21,28H,5-6,10-11,13H2,1-4H3/b22-20-. The molecule has 1 fully saturated rings. The highest BCUT2D eigenvalue weighted by atomic mass is 32.1. The molecule has 0 saturated carbocycles. The molecule has 170 valence electrons. The van der Waals surface area contributed by atoms with Gasteiger partial charge in [-0.15, -0.1) is 11.3 Å². The van der Waals surface area contributed by atoms with Gasteiger partial charge in [-0.1, -0.05) is 13.8 Å². The number of amides is 1. The number of hydrogen-bond donors (Lipinski definition) is 1. The smallest absolute Gasteiger partial charge is 0.295 e. The predicted octanol–water partition coefficient (Wildman–Crippen LogP) is 4.14. The van der Waals surface area contributed by atoms with Gasteiger partial charge >= 0.3 is 0 Å². The molecule has 32 heavy (non-hydrogen) atoms. The fourth-order valence-corrected chi connectivity index (χ4v) is 5.61. The number of carbonyl (C=O) groups is 2. The Morgan fingerprint density at radius 3 is 2.66 bits per heavy atom. The van der Waals surface area contributed by atoms with Crippen LogP contribution in [0.2, 0.25) is 0 Å². The second-order valence-electron chi connectivity index (χ2n) is 8.44. The lowest BCUT2D eigenvalue weighted by atomic mass is 9.97. The fraction of sp³-hybridized carbons (Fsp3) is 0.440. The van der Waals surface area contributed by atoms with E-state index in [0.29, 0.717) is 18.7 Å². The highest BCUT2D eigenvalue weighted by Crippen LogP contribution is 2.43. The van der Waals surface area contributed by atoms with Gasteiger partial charge < -0.3 is 19.6 Å². The third kappa shape index (κ3) is 3.95. The number of benzene rings is 1. The molecule has 0 bridgehead atoms. The Bertz CT molecular complexity index is 1070. The Balaban J connectivity index is 1.77. The predicted molar refractivity (Wildman–Crippen MR) is 126 cm³/mol. The molecule has 2 aliphatic rings. The Morgan fingerprint density at radius 2 is 2.00 bits per heavy atom. The molecule has 0 spiro atoms. The number of likely N-dealkylation sites (N-methyl/N-ethyl adjacent to an activating group) is 1. The molecule has 4 rings (SSSR count). The number of aliphatic hydroxyl groups is 1. The molecule has 7 heteroatoms. The van der Waals surface area contributed by atoms with Crippen LogP contribution in [-0.4, -0.2) is 58.9 Å². The highest BCUT2D eigenvalue weighted by molar-refractivity contribution is 7.10. The maximum absolute atomic E-state index is 13.2. The monoisotopic (exact) mass is 454 g/mol. The molecular formula is C25H30N2O4S. The summed E-state index contributed by atoms with van der Waals surface area (Å²) in [6, 6.07) is 6.87. The van der Waals surface area contributed by atoms with E-state index in [4.69, 9.17) is 4.74 Å². The van der Waals surface area contributed by atoms with E-state index in [0.717, 1.165) is 41.3 Å². The van der Waals surface area contributed by atoms with Crippen molar-refractivity contribution in [3.05, 3.63) is 56.8 Å². The number of hydrogen-bond acceptors (Lipinski definition) is 6. The van der Waals surface area contributed by atoms with E-state index in [1.165, 1.54) is 11.3 Å².